The maximum absolute atomic E-state index is 12.0. The van der Waals surface area contributed by atoms with E-state index in [1.165, 1.54) is 6.07 Å². The quantitative estimate of drug-likeness (QED) is 0.604. The van der Waals surface area contributed by atoms with E-state index in [1.807, 2.05) is 0 Å². The minimum Gasteiger partial charge on any atom is -0.355 e. The fourth-order valence-corrected chi connectivity index (χ4v) is 3.08. The Morgan fingerprint density at radius 1 is 1.52 bits per heavy atom. The highest BCUT2D eigenvalue weighted by Gasteiger charge is 2.25. The van der Waals surface area contributed by atoms with Crippen molar-refractivity contribution in [2.45, 2.75) is 19.4 Å². The number of likely N-dealkylation sites (tertiary alicyclic amines) is 1. The van der Waals surface area contributed by atoms with Gasteiger partial charge in [0.2, 0.25) is 5.91 Å². The Bertz CT molecular complexity index is 582. The van der Waals surface area contributed by atoms with E-state index < -0.39 is 4.92 Å². The van der Waals surface area contributed by atoms with Crippen molar-refractivity contribution in [3.05, 3.63) is 38.9 Å². The molecule has 1 aliphatic rings. The van der Waals surface area contributed by atoms with Crippen molar-refractivity contribution in [3.8, 4) is 0 Å². The molecule has 23 heavy (non-hydrogen) atoms. The standard InChI is InChI=1S/C15H21ClN4O3/c16-13-8-11(3-4-14(13)20(22)23)9-19-7-1-2-12(10-19)15(21)18-6-5-17/h3-4,8,12H,1-2,5-7,9-10,17H2,(H,18,21). The van der Waals surface area contributed by atoms with Crippen LogP contribution in [-0.2, 0) is 11.3 Å². The van der Waals surface area contributed by atoms with Crippen LogP contribution in [0.3, 0.4) is 0 Å². The number of nitro groups is 1. The first-order chi connectivity index (χ1) is 11.0. The Morgan fingerprint density at radius 3 is 2.96 bits per heavy atom. The molecule has 0 radical (unpaired) electrons. The molecule has 1 unspecified atom stereocenters. The van der Waals surface area contributed by atoms with Gasteiger partial charge in [-0.25, -0.2) is 0 Å². The Hall–Kier alpha value is -1.70. The number of rotatable bonds is 6. The van der Waals surface area contributed by atoms with Gasteiger partial charge in [0.25, 0.3) is 5.69 Å². The number of carbonyl (C=O) groups excluding carboxylic acids is 1. The number of halogens is 1. The lowest BCUT2D eigenvalue weighted by Gasteiger charge is -2.32. The first kappa shape index (κ1) is 17.7. The summed E-state index contributed by atoms with van der Waals surface area (Å²) in [4.78, 5) is 24.5. The molecule has 1 heterocycles. The molecular formula is C15H21ClN4O3. The van der Waals surface area contributed by atoms with Crippen molar-refractivity contribution in [2.24, 2.45) is 11.7 Å². The first-order valence-electron chi connectivity index (χ1n) is 7.64. The maximum atomic E-state index is 12.0. The minimum absolute atomic E-state index is 0.0381. The number of nitrogens with two attached hydrogens (primary N) is 1. The number of nitro benzene ring substituents is 1. The lowest BCUT2D eigenvalue weighted by Crippen LogP contribution is -2.43. The van der Waals surface area contributed by atoms with E-state index >= 15 is 0 Å². The van der Waals surface area contributed by atoms with Gasteiger partial charge in [0.1, 0.15) is 5.02 Å². The smallest absolute Gasteiger partial charge is 0.287 e. The van der Waals surface area contributed by atoms with E-state index in [-0.39, 0.29) is 22.5 Å². The summed E-state index contributed by atoms with van der Waals surface area (Å²) >= 11 is 5.94. The van der Waals surface area contributed by atoms with Gasteiger partial charge >= 0.3 is 0 Å². The van der Waals surface area contributed by atoms with Crippen LogP contribution in [0.15, 0.2) is 18.2 Å². The number of nitrogens with zero attached hydrogens (tertiary/aromatic N) is 2. The van der Waals surface area contributed by atoms with E-state index in [0.29, 0.717) is 26.2 Å². The molecule has 1 aromatic rings. The Kier molecular flexibility index (Phi) is 6.32. The molecule has 0 aromatic heterocycles. The van der Waals surface area contributed by atoms with Crippen LogP contribution < -0.4 is 11.1 Å². The van der Waals surface area contributed by atoms with Crippen LogP contribution >= 0.6 is 11.6 Å². The van der Waals surface area contributed by atoms with Crippen LogP contribution in [0.5, 0.6) is 0 Å². The number of hydrogen-bond acceptors (Lipinski definition) is 5. The highest BCUT2D eigenvalue weighted by Crippen LogP contribution is 2.26. The second kappa shape index (κ2) is 8.24. The minimum atomic E-state index is -0.495. The predicted octanol–water partition coefficient (Wildman–Crippen LogP) is 1.54. The number of carbonyl (C=O) groups is 1. The third kappa shape index (κ3) is 4.89. The molecule has 3 N–H and O–H groups in total. The van der Waals surface area contributed by atoms with Crippen molar-refractivity contribution < 1.29 is 9.72 Å². The zero-order valence-electron chi connectivity index (χ0n) is 12.8. The second-order valence-electron chi connectivity index (χ2n) is 5.70. The van der Waals surface area contributed by atoms with Crippen LogP contribution in [0.1, 0.15) is 18.4 Å². The molecule has 0 aliphatic carbocycles. The van der Waals surface area contributed by atoms with Gasteiger partial charge in [-0.2, -0.15) is 0 Å². The summed E-state index contributed by atoms with van der Waals surface area (Å²) < 4.78 is 0. The third-order valence-electron chi connectivity index (χ3n) is 3.93. The molecule has 1 amide bonds. The first-order valence-corrected chi connectivity index (χ1v) is 8.02. The zero-order chi connectivity index (χ0) is 16.8. The number of piperidine rings is 1. The summed E-state index contributed by atoms with van der Waals surface area (Å²) in [5.41, 5.74) is 6.21. The molecular weight excluding hydrogens is 320 g/mol. The Balaban J connectivity index is 1.96. The van der Waals surface area contributed by atoms with E-state index in [0.717, 1.165) is 24.9 Å². The van der Waals surface area contributed by atoms with E-state index in [4.69, 9.17) is 17.3 Å². The van der Waals surface area contributed by atoms with Gasteiger partial charge in [0.05, 0.1) is 10.8 Å². The average molecular weight is 341 g/mol. The van der Waals surface area contributed by atoms with Crippen LogP contribution in [0.2, 0.25) is 5.02 Å². The molecule has 1 aliphatic heterocycles. The lowest BCUT2D eigenvalue weighted by atomic mass is 9.96. The molecule has 1 saturated heterocycles. The normalized spacial score (nSPS) is 18.6. The second-order valence-corrected chi connectivity index (χ2v) is 6.10. The average Bonchev–Trinajstić information content (AvgIpc) is 2.52. The fraction of sp³-hybridized carbons (Fsp3) is 0.533. The Morgan fingerprint density at radius 2 is 2.30 bits per heavy atom. The van der Waals surface area contributed by atoms with Gasteiger partial charge in [-0.1, -0.05) is 17.7 Å². The molecule has 8 heteroatoms. The number of benzene rings is 1. The van der Waals surface area contributed by atoms with Crippen LogP contribution in [0.4, 0.5) is 5.69 Å². The molecule has 0 spiro atoms. The van der Waals surface area contributed by atoms with Gasteiger partial charge in [-0.15, -0.1) is 0 Å². The zero-order valence-corrected chi connectivity index (χ0v) is 13.6. The number of hydrogen-bond donors (Lipinski definition) is 2. The summed E-state index contributed by atoms with van der Waals surface area (Å²) in [6, 6.07) is 4.76. The topological polar surface area (TPSA) is 102 Å². The molecule has 0 bridgehead atoms. The summed E-state index contributed by atoms with van der Waals surface area (Å²) in [5, 5.41) is 13.8. The molecule has 126 valence electrons. The maximum Gasteiger partial charge on any atom is 0.287 e. The highest BCUT2D eigenvalue weighted by atomic mass is 35.5. The van der Waals surface area contributed by atoms with E-state index in [1.54, 1.807) is 12.1 Å². The molecule has 0 saturated carbocycles. The van der Waals surface area contributed by atoms with E-state index in [2.05, 4.69) is 10.2 Å². The number of nitrogens with one attached hydrogen (secondary N) is 1. The Labute approximate surface area is 139 Å². The van der Waals surface area contributed by atoms with Crippen LogP contribution in [0.25, 0.3) is 0 Å². The van der Waals surface area contributed by atoms with Crippen molar-refractivity contribution in [3.63, 3.8) is 0 Å². The largest absolute Gasteiger partial charge is 0.355 e. The third-order valence-corrected chi connectivity index (χ3v) is 4.24. The van der Waals surface area contributed by atoms with Crippen molar-refractivity contribution >= 4 is 23.2 Å². The van der Waals surface area contributed by atoms with Gasteiger partial charge < -0.3 is 11.1 Å². The van der Waals surface area contributed by atoms with Gasteiger partial charge in [-0.05, 0) is 31.0 Å². The van der Waals surface area contributed by atoms with Crippen LogP contribution in [-0.4, -0.2) is 41.9 Å². The van der Waals surface area contributed by atoms with Crippen molar-refractivity contribution in [1.29, 1.82) is 0 Å². The summed E-state index contributed by atoms with van der Waals surface area (Å²) in [5.74, 6) is 0.00528. The lowest BCUT2D eigenvalue weighted by molar-refractivity contribution is -0.384. The van der Waals surface area contributed by atoms with Crippen LogP contribution in [0, 0.1) is 16.0 Å². The monoisotopic (exact) mass is 340 g/mol. The fourth-order valence-electron chi connectivity index (χ4n) is 2.81. The van der Waals surface area contributed by atoms with Gasteiger partial charge in [0.15, 0.2) is 0 Å². The SMILES string of the molecule is NCCNC(=O)C1CCCN(Cc2ccc([N+](=O)[O-])c(Cl)c2)C1. The molecule has 2 rings (SSSR count). The van der Waals surface area contributed by atoms with Crippen molar-refractivity contribution in [2.75, 3.05) is 26.2 Å². The molecule has 1 aromatic carbocycles. The predicted molar refractivity (Wildman–Crippen MR) is 88.2 cm³/mol. The number of amides is 1. The molecule has 7 nitrogen and oxygen atoms in total. The molecule has 1 fully saturated rings. The summed E-state index contributed by atoms with van der Waals surface area (Å²) in [6.07, 6.45) is 1.81. The highest BCUT2D eigenvalue weighted by molar-refractivity contribution is 6.32. The molecule has 1 atom stereocenters. The summed E-state index contributed by atoms with van der Waals surface area (Å²) in [7, 11) is 0. The van der Waals surface area contributed by atoms with Crippen molar-refractivity contribution in [1.82, 2.24) is 10.2 Å². The van der Waals surface area contributed by atoms with Gasteiger partial charge in [0, 0.05) is 32.2 Å². The summed E-state index contributed by atoms with van der Waals surface area (Å²) in [6.45, 7) is 3.12. The van der Waals surface area contributed by atoms with Gasteiger partial charge in [-0.3, -0.25) is 19.8 Å². The van der Waals surface area contributed by atoms with E-state index in [9.17, 15) is 14.9 Å².